The summed E-state index contributed by atoms with van der Waals surface area (Å²) >= 11 is 0. The Hall–Kier alpha value is -1.09. The number of amidine groups is 1. The van der Waals surface area contributed by atoms with Crippen LogP contribution in [0.15, 0.2) is 30.3 Å². The highest BCUT2D eigenvalue weighted by molar-refractivity contribution is 5.78. The van der Waals surface area contributed by atoms with Crippen LogP contribution in [0, 0.1) is 0 Å². The third-order valence-corrected chi connectivity index (χ3v) is 1.21. The van der Waals surface area contributed by atoms with Crippen LogP contribution in [0.4, 0.5) is 0 Å². The van der Waals surface area contributed by atoms with Crippen molar-refractivity contribution in [2.75, 3.05) is 20.1 Å². The van der Waals surface area contributed by atoms with Gasteiger partial charge < -0.3 is 5.43 Å². The lowest BCUT2D eigenvalue weighted by Gasteiger charge is -2.16. The zero-order chi connectivity index (χ0) is 9.40. The smallest absolute Gasteiger partial charge is 0.108 e. The molecule has 0 saturated heterocycles. The minimum Gasteiger partial charge on any atom is -0.307 e. The fraction of sp³-hybridized carbons (Fsp3) is 0.444. The van der Waals surface area contributed by atoms with Gasteiger partial charge in [-0.3, -0.25) is 4.99 Å². The molecule has 3 nitrogen and oxygen atoms in total. The Bertz CT molecular complexity index is 173. The average Bonchev–Trinajstić information content (AvgIpc) is 2.01. The first-order valence-corrected chi connectivity index (χ1v) is 3.91. The molecule has 3 heteroatoms. The molecule has 0 aromatic rings. The van der Waals surface area contributed by atoms with Crippen LogP contribution < -0.4 is 5.43 Å². The summed E-state index contributed by atoms with van der Waals surface area (Å²) in [6, 6.07) is 0. The molecule has 0 atom stereocenters. The van der Waals surface area contributed by atoms with Crippen molar-refractivity contribution in [2.45, 2.75) is 6.92 Å². The van der Waals surface area contributed by atoms with Crippen LogP contribution >= 0.6 is 0 Å². The van der Waals surface area contributed by atoms with E-state index in [1.54, 1.807) is 6.08 Å². The Morgan fingerprint density at radius 1 is 1.50 bits per heavy atom. The average molecular weight is 167 g/mol. The zero-order valence-electron chi connectivity index (χ0n) is 7.88. The van der Waals surface area contributed by atoms with E-state index in [0.29, 0.717) is 6.54 Å². The highest BCUT2D eigenvalue weighted by Gasteiger charge is 1.93. The molecule has 0 fully saturated rings. The maximum absolute atomic E-state index is 4.18. The van der Waals surface area contributed by atoms with Gasteiger partial charge in [0.1, 0.15) is 5.84 Å². The van der Waals surface area contributed by atoms with Crippen molar-refractivity contribution in [2.24, 2.45) is 4.99 Å². The summed E-state index contributed by atoms with van der Waals surface area (Å²) in [5, 5.41) is 1.91. The quantitative estimate of drug-likeness (QED) is 0.288. The number of hydrogen-bond donors (Lipinski definition) is 1. The number of hydrazine groups is 1. The molecule has 0 aromatic carbocycles. The van der Waals surface area contributed by atoms with E-state index in [-0.39, 0.29) is 0 Å². The molecule has 0 radical (unpaired) electrons. The van der Waals surface area contributed by atoms with Gasteiger partial charge in [0.2, 0.25) is 0 Å². The van der Waals surface area contributed by atoms with Crippen molar-refractivity contribution in [1.82, 2.24) is 10.4 Å². The summed E-state index contributed by atoms with van der Waals surface area (Å²) < 4.78 is 0. The van der Waals surface area contributed by atoms with E-state index < -0.39 is 0 Å². The number of aliphatic imine (C=N–C) groups is 1. The summed E-state index contributed by atoms with van der Waals surface area (Å²) in [7, 11) is 1.94. The first kappa shape index (κ1) is 10.9. The Morgan fingerprint density at radius 2 is 2.17 bits per heavy atom. The lowest BCUT2D eigenvalue weighted by molar-refractivity contribution is 0.325. The van der Waals surface area contributed by atoms with Crippen LogP contribution in [0.2, 0.25) is 0 Å². The van der Waals surface area contributed by atoms with Crippen molar-refractivity contribution >= 4 is 5.84 Å². The van der Waals surface area contributed by atoms with E-state index in [2.05, 4.69) is 23.6 Å². The minimum atomic E-state index is 0.654. The fourth-order valence-corrected chi connectivity index (χ4v) is 0.752. The lowest BCUT2D eigenvalue weighted by atomic mass is 10.6. The maximum atomic E-state index is 4.18. The maximum Gasteiger partial charge on any atom is 0.108 e. The molecule has 1 N–H and O–H groups in total. The molecule has 12 heavy (non-hydrogen) atoms. The van der Waals surface area contributed by atoms with Gasteiger partial charge in [-0.15, -0.1) is 13.2 Å². The van der Waals surface area contributed by atoms with E-state index in [1.807, 2.05) is 25.1 Å². The Balaban J connectivity index is 3.73. The largest absolute Gasteiger partial charge is 0.307 e. The zero-order valence-corrected chi connectivity index (χ0v) is 7.88. The summed E-state index contributed by atoms with van der Waals surface area (Å²) in [4.78, 5) is 4.18. The van der Waals surface area contributed by atoms with Gasteiger partial charge in [-0.05, 0) is 6.92 Å². The van der Waals surface area contributed by atoms with Gasteiger partial charge in [-0.25, -0.2) is 5.01 Å². The van der Waals surface area contributed by atoms with Crippen molar-refractivity contribution < 1.29 is 0 Å². The van der Waals surface area contributed by atoms with Crippen LogP contribution in [0.5, 0.6) is 0 Å². The van der Waals surface area contributed by atoms with E-state index >= 15 is 0 Å². The molecular weight excluding hydrogens is 150 g/mol. The summed E-state index contributed by atoms with van der Waals surface area (Å²) in [5.41, 5.74) is 3.08. The van der Waals surface area contributed by atoms with Gasteiger partial charge in [0.25, 0.3) is 0 Å². The Morgan fingerprint density at radius 3 is 2.67 bits per heavy atom. The SMILES string of the molecule is C=CCN=C(C)NN(C)CC=C. The molecule has 0 amide bonds. The highest BCUT2D eigenvalue weighted by atomic mass is 15.5. The number of nitrogens with zero attached hydrogens (tertiary/aromatic N) is 2. The molecule has 0 aromatic heterocycles. The number of hydrogen-bond acceptors (Lipinski definition) is 2. The van der Waals surface area contributed by atoms with Crippen molar-refractivity contribution in [3.63, 3.8) is 0 Å². The Kier molecular flexibility index (Phi) is 6.01. The van der Waals surface area contributed by atoms with Gasteiger partial charge in [0.15, 0.2) is 0 Å². The van der Waals surface area contributed by atoms with Crippen molar-refractivity contribution in [3.05, 3.63) is 25.3 Å². The fourth-order valence-electron chi connectivity index (χ4n) is 0.752. The van der Waals surface area contributed by atoms with Crippen molar-refractivity contribution in [3.8, 4) is 0 Å². The third kappa shape index (κ3) is 5.68. The van der Waals surface area contributed by atoms with E-state index in [1.165, 1.54) is 0 Å². The molecule has 0 heterocycles. The van der Waals surface area contributed by atoms with E-state index in [9.17, 15) is 0 Å². The number of nitrogens with one attached hydrogen (secondary N) is 1. The normalized spacial score (nSPS) is 11.4. The Labute approximate surface area is 74.5 Å². The number of rotatable bonds is 5. The molecule has 0 unspecified atom stereocenters. The second-order valence-corrected chi connectivity index (χ2v) is 2.50. The molecule has 0 saturated carbocycles. The first-order valence-electron chi connectivity index (χ1n) is 3.91. The summed E-state index contributed by atoms with van der Waals surface area (Å²) in [6.07, 6.45) is 3.59. The molecule has 0 aliphatic carbocycles. The summed E-state index contributed by atoms with van der Waals surface area (Å²) in [5.74, 6) is 0.888. The monoisotopic (exact) mass is 167 g/mol. The molecule has 0 rings (SSSR count). The van der Waals surface area contributed by atoms with Crippen molar-refractivity contribution in [1.29, 1.82) is 0 Å². The highest BCUT2D eigenvalue weighted by Crippen LogP contribution is 1.79. The van der Waals surface area contributed by atoms with E-state index in [0.717, 1.165) is 12.4 Å². The van der Waals surface area contributed by atoms with Crippen LogP contribution in [-0.4, -0.2) is 31.0 Å². The molecule has 0 aliphatic rings. The van der Waals surface area contributed by atoms with E-state index in [4.69, 9.17) is 0 Å². The van der Waals surface area contributed by atoms with Crippen LogP contribution in [-0.2, 0) is 0 Å². The number of likely N-dealkylation sites (N-methyl/N-ethyl adjacent to an activating group) is 1. The molecule has 0 aliphatic heterocycles. The molecule has 0 spiro atoms. The van der Waals surface area contributed by atoms with Gasteiger partial charge in [0, 0.05) is 13.6 Å². The predicted molar refractivity (Wildman–Crippen MR) is 54.1 cm³/mol. The van der Waals surface area contributed by atoms with Gasteiger partial charge in [0.05, 0.1) is 6.54 Å². The topological polar surface area (TPSA) is 27.6 Å². The van der Waals surface area contributed by atoms with Crippen LogP contribution in [0.25, 0.3) is 0 Å². The molecular formula is C9H17N3. The second kappa shape index (κ2) is 6.61. The van der Waals surface area contributed by atoms with Crippen LogP contribution in [0.1, 0.15) is 6.92 Å². The summed E-state index contributed by atoms with van der Waals surface area (Å²) in [6.45, 7) is 10.6. The van der Waals surface area contributed by atoms with Crippen LogP contribution in [0.3, 0.4) is 0 Å². The first-order chi connectivity index (χ1) is 5.70. The standard InChI is InChI=1S/C9H17N3/c1-5-7-10-9(3)11-12(4)8-6-2/h5-6H,1-2,7-8H2,3-4H3,(H,10,11). The molecule has 0 bridgehead atoms. The third-order valence-electron chi connectivity index (χ3n) is 1.21. The lowest BCUT2D eigenvalue weighted by Crippen LogP contribution is -2.38. The molecule has 68 valence electrons. The van der Waals surface area contributed by atoms with Gasteiger partial charge in [-0.1, -0.05) is 12.2 Å². The van der Waals surface area contributed by atoms with Gasteiger partial charge in [-0.2, -0.15) is 0 Å². The second-order valence-electron chi connectivity index (χ2n) is 2.50. The predicted octanol–water partition coefficient (Wildman–Crippen LogP) is 1.21. The minimum absolute atomic E-state index is 0.654. The van der Waals surface area contributed by atoms with Gasteiger partial charge >= 0.3 is 0 Å².